The molecule has 0 radical (unpaired) electrons. The molecule has 1 amide bonds. The second-order valence-electron chi connectivity index (χ2n) is 7.07. The van der Waals surface area contributed by atoms with Crippen LogP contribution in [-0.2, 0) is 32.7 Å². The van der Waals surface area contributed by atoms with Gasteiger partial charge in [-0.1, -0.05) is 48.5 Å². The number of carbonyl (C=O) groups excluding carboxylic acids is 1. The van der Waals surface area contributed by atoms with Crippen LogP contribution in [0.2, 0.25) is 0 Å². The molecule has 1 N–H and O–H groups in total. The number of rotatable bonds is 7. The van der Waals surface area contributed by atoms with Gasteiger partial charge in [-0.2, -0.15) is 0 Å². The number of sulfonamides is 1. The van der Waals surface area contributed by atoms with Gasteiger partial charge < -0.3 is 4.74 Å². The van der Waals surface area contributed by atoms with E-state index in [0.29, 0.717) is 11.4 Å². The number of hydrogen-bond donors (Lipinski definition) is 1. The van der Waals surface area contributed by atoms with Crippen molar-refractivity contribution >= 4 is 21.6 Å². The van der Waals surface area contributed by atoms with Crippen molar-refractivity contribution in [1.29, 1.82) is 0 Å². The fourth-order valence-corrected chi connectivity index (χ4v) is 5.20. The number of hydrogen-bond acceptors (Lipinski definition) is 5. The van der Waals surface area contributed by atoms with Gasteiger partial charge in [0.05, 0.1) is 24.3 Å². The number of ether oxygens (including phenoxy) is 1. The minimum atomic E-state index is -3.99. The Hall–Kier alpha value is -3.36. The molecule has 0 spiro atoms. The largest absolute Gasteiger partial charge is 0.497 e. The summed E-state index contributed by atoms with van der Waals surface area (Å²) in [6.45, 7) is 0.178. The van der Waals surface area contributed by atoms with Gasteiger partial charge in [0.2, 0.25) is 0 Å². The Balaban J connectivity index is 1.58. The highest BCUT2D eigenvalue weighted by Crippen LogP contribution is 2.37. The lowest BCUT2D eigenvalue weighted by Crippen LogP contribution is -2.47. The molecular formula is C23H22N2O5S. The molecule has 1 aliphatic rings. The Morgan fingerprint density at radius 3 is 2.39 bits per heavy atom. The molecule has 31 heavy (non-hydrogen) atoms. The van der Waals surface area contributed by atoms with Crippen LogP contribution < -0.4 is 14.5 Å². The topological polar surface area (TPSA) is 84.9 Å². The zero-order chi connectivity index (χ0) is 21.8. The molecule has 4 rings (SSSR count). The lowest BCUT2D eigenvalue weighted by Gasteiger charge is -2.26. The van der Waals surface area contributed by atoms with Crippen molar-refractivity contribution < 1.29 is 22.8 Å². The molecule has 8 heteroatoms. The Bertz CT molecular complexity index is 1160. The number of nitrogens with zero attached hydrogens (tertiary/aromatic N) is 1. The van der Waals surface area contributed by atoms with Crippen LogP contribution in [0.5, 0.6) is 5.75 Å². The summed E-state index contributed by atoms with van der Waals surface area (Å²) < 4.78 is 33.2. The van der Waals surface area contributed by atoms with Crippen molar-refractivity contribution in [2.75, 3.05) is 11.4 Å². The van der Waals surface area contributed by atoms with E-state index in [2.05, 4.69) is 5.48 Å². The molecule has 0 saturated heterocycles. The zero-order valence-corrected chi connectivity index (χ0v) is 17.7. The number of benzene rings is 3. The third kappa shape index (κ3) is 4.26. The molecule has 1 atom stereocenters. The molecule has 3 aromatic rings. The molecule has 0 aliphatic carbocycles. The average Bonchev–Trinajstić information content (AvgIpc) is 3.20. The van der Waals surface area contributed by atoms with Crippen LogP contribution >= 0.6 is 0 Å². The number of fused-ring (bicyclic) bond motifs is 1. The number of methoxy groups -OCH3 is 1. The first-order valence-corrected chi connectivity index (χ1v) is 11.2. The van der Waals surface area contributed by atoms with E-state index >= 15 is 0 Å². The van der Waals surface area contributed by atoms with Gasteiger partial charge in [0.15, 0.2) is 0 Å². The number of hydroxylamine groups is 1. The van der Waals surface area contributed by atoms with Gasteiger partial charge in [0, 0.05) is 6.42 Å². The Morgan fingerprint density at radius 2 is 1.68 bits per heavy atom. The fourth-order valence-electron chi connectivity index (χ4n) is 3.55. The minimum absolute atomic E-state index is 0.0769. The maximum atomic E-state index is 13.5. The molecule has 1 aliphatic heterocycles. The summed E-state index contributed by atoms with van der Waals surface area (Å²) >= 11 is 0. The van der Waals surface area contributed by atoms with Crippen molar-refractivity contribution in [2.45, 2.75) is 24.0 Å². The lowest BCUT2D eigenvalue weighted by molar-refractivity contribution is -0.135. The summed E-state index contributed by atoms with van der Waals surface area (Å²) in [5, 5.41) is 0. The second kappa shape index (κ2) is 8.79. The molecular weight excluding hydrogens is 416 g/mol. The van der Waals surface area contributed by atoms with Crippen molar-refractivity contribution in [3.05, 3.63) is 90.0 Å². The van der Waals surface area contributed by atoms with Gasteiger partial charge >= 0.3 is 0 Å². The number of anilines is 1. The standard InChI is InChI=1S/C23H22N2O5S/c1-29-19-11-13-20(14-12-19)31(27,28)25-21-10-6-5-9-18(21)15-22(25)23(26)24-30-16-17-7-3-2-4-8-17/h2-14,22H,15-16H2,1H3,(H,24,26)/t22-/m1/s1. The normalized spacial score (nSPS) is 15.4. The van der Waals surface area contributed by atoms with Crippen molar-refractivity contribution in [3.8, 4) is 5.75 Å². The molecule has 3 aromatic carbocycles. The third-order valence-electron chi connectivity index (χ3n) is 5.10. The molecule has 0 saturated carbocycles. The molecule has 0 unspecified atom stereocenters. The molecule has 1 heterocycles. The van der Waals surface area contributed by atoms with Crippen LogP contribution in [0.4, 0.5) is 5.69 Å². The quantitative estimate of drug-likeness (QED) is 0.573. The third-order valence-corrected chi connectivity index (χ3v) is 6.94. The van der Waals surface area contributed by atoms with Gasteiger partial charge in [0.1, 0.15) is 11.8 Å². The molecule has 0 aromatic heterocycles. The SMILES string of the molecule is COc1ccc(S(=O)(=O)N2c3ccccc3C[C@@H]2C(=O)NOCc2ccccc2)cc1. The van der Waals surface area contributed by atoms with Crippen LogP contribution in [0.1, 0.15) is 11.1 Å². The fraction of sp³-hybridized carbons (Fsp3) is 0.174. The first-order valence-electron chi connectivity index (χ1n) is 9.72. The van der Waals surface area contributed by atoms with Crippen molar-refractivity contribution in [1.82, 2.24) is 5.48 Å². The first kappa shape index (κ1) is 20.9. The summed E-state index contributed by atoms with van der Waals surface area (Å²) in [7, 11) is -2.48. The predicted octanol–water partition coefficient (Wildman–Crippen LogP) is 3.06. The predicted molar refractivity (Wildman–Crippen MR) is 116 cm³/mol. The van der Waals surface area contributed by atoms with E-state index in [1.54, 1.807) is 24.3 Å². The highest BCUT2D eigenvalue weighted by Gasteiger charge is 2.42. The summed E-state index contributed by atoms with van der Waals surface area (Å²) in [6, 6.07) is 21.6. The van der Waals surface area contributed by atoms with Gasteiger partial charge in [-0.25, -0.2) is 13.9 Å². The van der Waals surface area contributed by atoms with Crippen LogP contribution in [0.15, 0.2) is 83.8 Å². The van der Waals surface area contributed by atoms with Crippen LogP contribution in [0.25, 0.3) is 0 Å². The van der Waals surface area contributed by atoms with Crippen LogP contribution in [0, 0.1) is 0 Å². The lowest BCUT2D eigenvalue weighted by atomic mass is 10.1. The first-order chi connectivity index (χ1) is 15.0. The van der Waals surface area contributed by atoms with E-state index in [0.717, 1.165) is 11.1 Å². The number of para-hydroxylation sites is 1. The molecule has 7 nitrogen and oxygen atoms in total. The zero-order valence-electron chi connectivity index (χ0n) is 16.9. The number of carbonyl (C=O) groups is 1. The van der Waals surface area contributed by atoms with E-state index in [4.69, 9.17) is 9.57 Å². The summed E-state index contributed by atoms with van der Waals surface area (Å²) in [4.78, 5) is 18.4. The van der Waals surface area contributed by atoms with Gasteiger partial charge in [-0.05, 0) is 41.5 Å². The van der Waals surface area contributed by atoms with E-state index in [9.17, 15) is 13.2 Å². The average molecular weight is 439 g/mol. The summed E-state index contributed by atoms with van der Waals surface area (Å²) in [5.41, 5.74) is 4.57. The molecule has 160 valence electrons. The second-order valence-corrected chi connectivity index (χ2v) is 8.88. The maximum Gasteiger partial charge on any atom is 0.267 e. The van der Waals surface area contributed by atoms with Crippen LogP contribution in [0.3, 0.4) is 0 Å². The van der Waals surface area contributed by atoms with Crippen LogP contribution in [-0.4, -0.2) is 27.5 Å². The Morgan fingerprint density at radius 1 is 1.00 bits per heavy atom. The smallest absolute Gasteiger partial charge is 0.267 e. The van der Waals surface area contributed by atoms with Gasteiger partial charge in [-0.3, -0.25) is 13.9 Å². The van der Waals surface area contributed by atoms with E-state index < -0.39 is 22.0 Å². The van der Waals surface area contributed by atoms with Crippen molar-refractivity contribution in [2.24, 2.45) is 0 Å². The molecule has 0 bridgehead atoms. The maximum absolute atomic E-state index is 13.5. The summed E-state index contributed by atoms with van der Waals surface area (Å²) in [5.74, 6) is 0.0218. The summed E-state index contributed by atoms with van der Waals surface area (Å²) in [6.07, 6.45) is 0.256. The highest BCUT2D eigenvalue weighted by atomic mass is 32.2. The van der Waals surface area contributed by atoms with Gasteiger partial charge in [-0.15, -0.1) is 0 Å². The Kier molecular flexibility index (Phi) is 5.92. The molecule has 0 fully saturated rings. The highest BCUT2D eigenvalue weighted by molar-refractivity contribution is 7.93. The minimum Gasteiger partial charge on any atom is -0.497 e. The Labute approximate surface area is 181 Å². The van der Waals surface area contributed by atoms with Crippen molar-refractivity contribution in [3.63, 3.8) is 0 Å². The number of nitrogens with one attached hydrogen (secondary N) is 1. The van der Waals surface area contributed by atoms with Gasteiger partial charge in [0.25, 0.3) is 15.9 Å². The van der Waals surface area contributed by atoms with E-state index in [1.807, 2.05) is 42.5 Å². The number of amides is 1. The van der Waals surface area contributed by atoms with E-state index in [-0.39, 0.29) is 17.9 Å². The van der Waals surface area contributed by atoms with E-state index in [1.165, 1.54) is 23.5 Å². The monoisotopic (exact) mass is 438 g/mol.